The van der Waals surface area contributed by atoms with Crippen molar-refractivity contribution >= 4 is 43.8 Å². The molecule has 11 rings (SSSR count). The van der Waals surface area contributed by atoms with Crippen LogP contribution in [0.1, 0.15) is 0 Å². The van der Waals surface area contributed by atoms with E-state index in [-0.39, 0.29) is 0 Å². The van der Waals surface area contributed by atoms with Gasteiger partial charge in [0.25, 0.3) is 0 Å². The highest BCUT2D eigenvalue weighted by Gasteiger charge is 2.22. The molecule has 0 atom stereocenters. The Morgan fingerprint density at radius 2 is 0.857 bits per heavy atom. The molecule has 0 saturated carbocycles. The molecule has 56 heavy (non-hydrogen) atoms. The summed E-state index contributed by atoms with van der Waals surface area (Å²) < 4.78 is 13.1. The summed E-state index contributed by atoms with van der Waals surface area (Å²) in [7, 11) is 0. The zero-order chi connectivity index (χ0) is 37.0. The van der Waals surface area contributed by atoms with Crippen molar-refractivity contribution in [1.82, 2.24) is 19.9 Å². The minimum atomic E-state index is 0.559. The van der Waals surface area contributed by atoms with E-state index in [1.165, 1.54) is 11.1 Å². The van der Waals surface area contributed by atoms with Gasteiger partial charge in [0, 0.05) is 27.6 Å². The molecule has 3 heterocycles. The van der Waals surface area contributed by atoms with E-state index in [4.69, 9.17) is 28.8 Å². The van der Waals surface area contributed by atoms with Gasteiger partial charge in [-0.1, -0.05) is 146 Å². The molecule has 0 aliphatic rings. The first-order valence-corrected chi connectivity index (χ1v) is 18.5. The fraction of sp³-hybridized carbons (Fsp3) is 0. The van der Waals surface area contributed by atoms with Crippen molar-refractivity contribution in [2.75, 3.05) is 0 Å². The Labute approximate surface area is 321 Å². The van der Waals surface area contributed by atoms with Gasteiger partial charge < -0.3 is 8.83 Å². The van der Waals surface area contributed by atoms with Gasteiger partial charge in [-0.05, 0) is 69.4 Å². The third-order valence-electron chi connectivity index (χ3n) is 10.4. The molecule has 0 spiro atoms. The number of fused-ring (bicyclic) bond motifs is 7. The van der Waals surface area contributed by atoms with Gasteiger partial charge in [-0.3, -0.25) is 0 Å². The summed E-state index contributed by atoms with van der Waals surface area (Å²) in [5, 5.41) is 3.86. The number of hydrogen-bond donors (Lipinski definition) is 0. The van der Waals surface area contributed by atoms with Crippen LogP contribution in [0, 0.1) is 0 Å². The van der Waals surface area contributed by atoms with Crippen LogP contribution in [-0.2, 0) is 0 Å². The molecule has 0 aliphatic carbocycles. The van der Waals surface area contributed by atoms with Crippen molar-refractivity contribution in [2.24, 2.45) is 0 Å². The van der Waals surface area contributed by atoms with E-state index in [1.54, 1.807) is 0 Å². The van der Waals surface area contributed by atoms with E-state index in [1.807, 2.05) is 91.0 Å². The first-order chi connectivity index (χ1) is 27.7. The average molecular weight is 719 g/mol. The Hall–Kier alpha value is -7.70. The topological polar surface area (TPSA) is 77.8 Å². The summed E-state index contributed by atoms with van der Waals surface area (Å²) in [5.41, 5.74) is 11.1. The van der Waals surface area contributed by atoms with Gasteiger partial charge in [0.2, 0.25) is 5.89 Å². The molecule has 262 valence electrons. The maximum Gasteiger partial charge on any atom is 0.227 e. The Bertz CT molecular complexity index is 3230. The van der Waals surface area contributed by atoms with Gasteiger partial charge in [-0.2, -0.15) is 0 Å². The van der Waals surface area contributed by atoms with Gasteiger partial charge in [0.1, 0.15) is 16.7 Å². The van der Waals surface area contributed by atoms with Crippen molar-refractivity contribution in [3.8, 4) is 67.9 Å². The lowest BCUT2D eigenvalue weighted by Crippen LogP contribution is -2.00. The smallest absolute Gasteiger partial charge is 0.227 e. The van der Waals surface area contributed by atoms with E-state index in [2.05, 4.69) is 91.0 Å². The van der Waals surface area contributed by atoms with Gasteiger partial charge in [-0.25, -0.2) is 19.9 Å². The molecule has 0 aliphatic heterocycles. The molecular formula is C50H30N4O2. The average Bonchev–Trinajstić information content (AvgIpc) is 3.89. The second-order valence-electron chi connectivity index (χ2n) is 13.8. The number of hydrogen-bond acceptors (Lipinski definition) is 6. The second-order valence-corrected chi connectivity index (χ2v) is 13.8. The zero-order valence-corrected chi connectivity index (χ0v) is 29.9. The third kappa shape index (κ3) is 5.43. The molecule has 0 bridgehead atoms. The maximum atomic E-state index is 6.61. The van der Waals surface area contributed by atoms with Gasteiger partial charge in [0.05, 0.1) is 5.39 Å². The van der Waals surface area contributed by atoms with Crippen LogP contribution < -0.4 is 0 Å². The van der Waals surface area contributed by atoms with Gasteiger partial charge in [0.15, 0.2) is 23.1 Å². The second kappa shape index (κ2) is 13.0. The number of aromatic nitrogens is 4. The first-order valence-electron chi connectivity index (χ1n) is 18.5. The lowest BCUT2D eigenvalue weighted by atomic mass is 9.98. The molecule has 11 aromatic rings. The number of rotatable bonds is 6. The molecule has 0 amide bonds. The fourth-order valence-corrected chi connectivity index (χ4v) is 7.65. The van der Waals surface area contributed by atoms with E-state index in [0.29, 0.717) is 34.5 Å². The fourth-order valence-electron chi connectivity index (χ4n) is 7.65. The highest BCUT2D eigenvalue weighted by atomic mass is 16.4. The predicted molar refractivity (Wildman–Crippen MR) is 225 cm³/mol. The standard InChI is InChI=1S/C50H30N4O2/c1-4-13-31(14-5-1)36-19-12-20-37(29-36)32-23-25-34(26-24-32)48-52-47(33-15-6-2-7-16-33)53-49(54-48)40-30-43-44(39-22-11-10-21-38(39)40)45-42(55-43)28-27-41-46(45)56-50(51-41)35-17-8-3-9-18-35/h1-30H. The van der Waals surface area contributed by atoms with Crippen LogP contribution in [0.4, 0.5) is 0 Å². The molecule has 8 aromatic carbocycles. The Kier molecular flexibility index (Phi) is 7.38. The van der Waals surface area contributed by atoms with Crippen LogP contribution in [-0.4, -0.2) is 19.9 Å². The summed E-state index contributed by atoms with van der Waals surface area (Å²) >= 11 is 0. The summed E-state index contributed by atoms with van der Waals surface area (Å²) in [5.74, 6) is 2.31. The van der Waals surface area contributed by atoms with Crippen LogP contribution in [0.5, 0.6) is 0 Å². The van der Waals surface area contributed by atoms with E-state index >= 15 is 0 Å². The lowest BCUT2D eigenvalue weighted by Gasteiger charge is -2.11. The Morgan fingerprint density at radius 3 is 1.55 bits per heavy atom. The number of nitrogens with zero attached hydrogens (tertiary/aromatic N) is 4. The minimum absolute atomic E-state index is 0.559. The third-order valence-corrected chi connectivity index (χ3v) is 10.4. The molecule has 0 radical (unpaired) electrons. The number of benzene rings is 8. The normalized spacial score (nSPS) is 11.6. The molecule has 0 fully saturated rings. The van der Waals surface area contributed by atoms with Crippen LogP contribution >= 0.6 is 0 Å². The van der Waals surface area contributed by atoms with Gasteiger partial charge in [-0.15, -0.1) is 0 Å². The highest BCUT2D eigenvalue weighted by Crippen LogP contribution is 2.43. The molecular weight excluding hydrogens is 689 g/mol. The molecule has 0 saturated heterocycles. The van der Waals surface area contributed by atoms with E-state index in [0.717, 1.165) is 66.0 Å². The van der Waals surface area contributed by atoms with E-state index < -0.39 is 0 Å². The van der Waals surface area contributed by atoms with Crippen LogP contribution in [0.15, 0.2) is 191 Å². The van der Waals surface area contributed by atoms with Crippen molar-refractivity contribution in [1.29, 1.82) is 0 Å². The van der Waals surface area contributed by atoms with Gasteiger partial charge >= 0.3 is 0 Å². The maximum absolute atomic E-state index is 6.61. The molecule has 0 unspecified atom stereocenters. The summed E-state index contributed by atoms with van der Waals surface area (Å²) in [6.07, 6.45) is 0. The first kappa shape index (κ1) is 31.8. The lowest BCUT2D eigenvalue weighted by molar-refractivity contribution is 0.622. The largest absolute Gasteiger partial charge is 0.456 e. The predicted octanol–water partition coefficient (Wildman–Crippen LogP) is 13.1. The summed E-state index contributed by atoms with van der Waals surface area (Å²) in [6, 6.07) is 61.8. The molecule has 0 N–H and O–H groups in total. The minimum Gasteiger partial charge on any atom is -0.456 e. The number of furan rings is 1. The van der Waals surface area contributed by atoms with Crippen molar-refractivity contribution in [2.45, 2.75) is 0 Å². The number of oxazole rings is 1. The molecule has 6 heteroatoms. The van der Waals surface area contributed by atoms with Crippen molar-refractivity contribution < 1.29 is 8.83 Å². The SMILES string of the molecule is c1ccc(-c2cccc(-c3ccc(-c4nc(-c5ccccc5)nc(-c5cc6oc7ccc8nc(-c9ccccc9)oc8c7c6c6ccccc56)n4)cc3)c2)cc1. The Morgan fingerprint density at radius 1 is 0.321 bits per heavy atom. The van der Waals surface area contributed by atoms with Crippen LogP contribution in [0.25, 0.3) is 112 Å². The van der Waals surface area contributed by atoms with Crippen molar-refractivity contribution in [3.05, 3.63) is 182 Å². The molecule has 6 nitrogen and oxygen atoms in total. The Balaban J connectivity index is 1.07. The van der Waals surface area contributed by atoms with Crippen molar-refractivity contribution in [3.63, 3.8) is 0 Å². The monoisotopic (exact) mass is 718 g/mol. The highest BCUT2D eigenvalue weighted by molar-refractivity contribution is 6.26. The zero-order valence-electron chi connectivity index (χ0n) is 29.9. The van der Waals surface area contributed by atoms with Crippen LogP contribution in [0.2, 0.25) is 0 Å². The quantitative estimate of drug-likeness (QED) is 0.170. The summed E-state index contributed by atoms with van der Waals surface area (Å²) in [6.45, 7) is 0. The van der Waals surface area contributed by atoms with E-state index in [9.17, 15) is 0 Å². The molecule has 3 aromatic heterocycles. The van der Waals surface area contributed by atoms with Crippen LogP contribution in [0.3, 0.4) is 0 Å². The summed E-state index contributed by atoms with van der Waals surface area (Å²) in [4.78, 5) is 20.1.